The number of nitro benzene ring substituents is 1. The van der Waals surface area contributed by atoms with Gasteiger partial charge < -0.3 is 5.32 Å². The molecule has 9 heteroatoms. The van der Waals surface area contributed by atoms with Crippen LogP contribution in [0, 0.1) is 10.1 Å². The summed E-state index contributed by atoms with van der Waals surface area (Å²) in [5.74, 6) is 0.129. The number of primary sulfonamides is 1. The van der Waals surface area contributed by atoms with Gasteiger partial charge >= 0.3 is 5.69 Å². The quantitative estimate of drug-likeness (QED) is 0.619. The van der Waals surface area contributed by atoms with Gasteiger partial charge in [-0.1, -0.05) is 13.0 Å². The summed E-state index contributed by atoms with van der Waals surface area (Å²) in [6.45, 7) is 2.41. The van der Waals surface area contributed by atoms with Crippen molar-refractivity contribution in [2.45, 2.75) is 17.7 Å². The first kappa shape index (κ1) is 16.4. The maximum atomic E-state index is 11.5. The van der Waals surface area contributed by atoms with Crippen molar-refractivity contribution in [3.8, 4) is 0 Å². The highest BCUT2D eigenvalue weighted by Gasteiger charge is 2.26. The third kappa shape index (κ3) is 3.62. The van der Waals surface area contributed by atoms with E-state index in [2.05, 4.69) is 5.32 Å². The van der Waals surface area contributed by atoms with E-state index in [-0.39, 0.29) is 11.6 Å². The smallest absolute Gasteiger partial charge is 0.312 e. The molecule has 0 bridgehead atoms. The average molecular weight is 341 g/mol. The van der Waals surface area contributed by atoms with Gasteiger partial charge in [0.2, 0.25) is 10.0 Å². The van der Waals surface area contributed by atoms with E-state index in [1.54, 1.807) is 11.3 Å². The maximum absolute atomic E-state index is 11.5. The van der Waals surface area contributed by atoms with Gasteiger partial charge in [0.05, 0.1) is 4.92 Å². The monoisotopic (exact) mass is 341 g/mol. The number of anilines is 1. The molecule has 1 aromatic carbocycles. The molecule has 0 aliphatic heterocycles. The molecule has 3 N–H and O–H groups in total. The first-order valence-corrected chi connectivity index (χ1v) is 8.85. The molecular formula is C13H15N3O4S2. The summed E-state index contributed by atoms with van der Waals surface area (Å²) in [6.07, 6.45) is 0. The number of nitrogens with two attached hydrogens (primary N) is 1. The fraction of sp³-hybridized carbons (Fsp3) is 0.231. The lowest BCUT2D eigenvalue weighted by Crippen LogP contribution is -2.16. The van der Waals surface area contributed by atoms with Gasteiger partial charge in [-0.25, -0.2) is 13.6 Å². The molecule has 1 aromatic heterocycles. The van der Waals surface area contributed by atoms with E-state index in [0.717, 1.165) is 11.6 Å². The van der Waals surface area contributed by atoms with Crippen LogP contribution >= 0.6 is 11.3 Å². The fourth-order valence-corrected chi connectivity index (χ4v) is 3.52. The van der Waals surface area contributed by atoms with Crippen LogP contribution in [0.3, 0.4) is 0 Å². The van der Waals surface area contributed by atoms with Crippen LogP contribution in [0.2, 0.25) is 0 Å². The van der Waals surface area contributed by atoms with E-state index in [0.29, 0.717) is 6.54 Å². The largest absolute Gasteiger partial charge is 0.379 e. The van der Waals surface area contributed by atoms with Crippen LogP contribution in [0.5, 0.6) is 0 Å². The molecule has 22 heavy (non-hydrogen) atoms. The Morgan fingerprint density at radius 1 is 1.41 bits per heavy atom. The summed E-state index contributed by atoms with van der Waals surface area (Å²) in [5, 5.41) is 23.1. The van der Waals surface area contributed by atoms with Gasteiger partial charge in [0, 0.05) is 6.54 Å². The number of rotatable bonds is 6. The Bertz CT molecular complexity index is 773. The highest BCUT2D eigenvalue weighted by atomic mass is 32.2. The lowest BCUT2D eigenvalue weighted by molar-refractivity contribution is -0.386. The number of hydrogen-bond donors (Lipinski definition) is 2. The Hall–Kier alpha value is -1.97. The molecule has 0 saturated carbocycles. The van der Waals surface area contributed by atoms with Gasteiger partial charge in [-0.2, -0.15) is 11.3 Å². The number of benzene rings is 1. The summed E-state index contributed by atoms with van der Waals surface area (Å²) in [6, 6.07) is 5.99. The first-order valence-electron chi connectivity index (χ1n) is 6.37. The fourth-order valence-electron chi connectivity index (χ4n) is 2.02. The molecule has 0 aliphatic rings. The Balaban J connectivity index is 2.30. The van der Waals surface area contributed by atoms with E-state index in [4.69, 9.17) is 5.14 Å². The predicted octanol–water partition coefficient (Wildman–Crippen LogP) is 2.52. The molecule has 0 fully saturated rings. The zero-order valence-electron chi connectivity index (χ0n) is 11.7. The highest BCUT2D eigenvalue weighted by Crippen LogP contribution is 2.32. The maximum Gasteiger partial charge on any atom is 0.312 e. The van der Waals surface area contributed by atoms with Gasteiger partial charge in [-0.05, 0) is 40.4 Å². The van der Waals surface area contributed by atoms with Crippen molar-refractivity contribution in [3.63, 3.8) is 0 Å². The van der Waals surface area contributed by atoms with E-state index in [1.807, 2.05) is 23.8 Å². The minimum Gasteiger partial charge on any atom is -0.379 e. The summed E-state index contributed by atoms with van der Waals surface area (Å²) in [5.41, 5.74) is 0.726. The number of nitrogens with zero attached hydrogens (tertiary/aromatic N) is 1. The van der Waals surface area contributed by atoms with Crippen molar-refractivity contribution in [2.24, 2.45) is 5.14 Å². The second-order valence-electron chi connectivity index (χ2n) is 4.79. The number of hydrogen-bond acceptors (Lipinski definition) is 6. The number of para-hydroxylation sites is 1. The summed E-state index contributed by atoms with van der Waals surface area (Å²) >= 11 is 1.57. The zero-order valence-corrected chi connectivity index (χ0v) is 13.4. The van der Waals surface area contributed by atoms with Crippen LogP contribution in [0.1, 0.15) is 18.4 Å². The van der Waals surface area contributed by atoms with Crippen LogP contribution < -0.4 is 10.5 Å². The topological polar surface area (TPSA) is 115 Å². The molecule has 0 spiro atoms. The Labute approximate surface area is 132 Å². The highest BCUT2D eigenvalue weighted by molar-refractivity contribution is 7.89. The second-order valence-corrected chi connectivity index (χ2v) is 7.10. The van der Waals surface area contributed by atoms with Gasteiger partial charge in [-0.15, -0.1) is 0 Å². The van der Waals surface area contributed by atoms with Crippen molar-refractivity contribution in [1.29, 1.82) is 0 Å². The Morgan fingerprint density at radius 3 is 2.68 bits per heavy atom. The minimum absolute atomic E-state index is 0.129. The van der Waals surface area contributed by atoms with Gasteiger partial charge in [0.25, 0.3) is 0 Å². The molecule has 0 amide bonds. The average Bonchev–Trinajstić information content (AvgIpc) is 2.97. The Kier molecular flexibility index (Phi) is 4.79. The molecule has 7 nitrogen and oxygen atoms in total. The SMILES string of the molecule is C[C@@H](CNc1cccc(S(N)(=O)=O)c1[N+](=O)[O-])c1ccsc1. The molecule has 118 valence electrons. The number of sulfonamides is 1. The molecule has 2 rings (SSSR count). The number of thiophene rings is 1. The van der Waals surface area contributed by atoms with E-state index in [9.17, 15) is 18.5 Å². The van der Waals surface area contributed by atoms with Crippen LogP contribution in [0.25, 0.3) is 0 Å². The van der Waals surface area contributed by atoms with Gasteiger partial charge in [0.15, 0.2) is 4.90 Å². The van der Waals surface area contributed by atoms with Crippen LogP contribution in [-0.4, -0.2) is 19.9 Å². The molecule has 0 radical (unpaired) electrons. The van der Waals surface area contributed by atoms with E-state index in [1.165, 1.54) is 12.1 Å². The predicted molar refractivity (Wildman–Crippen MR) is 85.7 cm³/mol. The van der Waals surface area contributed by atoms with Crippen molar-refractivity contribution < 1.29 is 13.3 Å². The molecule has 0 saturated heterocycles. The molecule has 2 aromatic rings. The summed E-state index contributed by atoms with van der Waals surface area (Å²) < 4.78 is 23.0. The minimum atomic E-state index is -4.16. The van der Waals surface area contributed by atoms with Crippen LogP contribution in [0.15, 0.2) is 39.9 Å². The lowest BCUT2D eigenvalue weighted by Gasteiger charge is -2.13. The van der Waals surface area contributed by atoms with Crippen LogP contribution in [-0.2, 0) is 10.0 Å². The summed E-state index contributed by atoms with van der Waals surface area (Å²) in [7, 11) is -4.16. The van der Waals surface area contributed by atoms with Gasteiger partial charge in [-0.3, -0.25) is 10.1 Å². The van der Waals surface area contributed by atoms with Crippen molar-refractivity contribution >= 4 is 32.7 Å². The third-order valence-corrected chi connectivity index (χ3v) is 4.84. The molecular weight excluding hydrogens is 326 g/mol. The number of nitrogens with one attached hydrogen (secondary N) is 1. The standard InChI is InChI=1S/C13H15N3O4S2/c1-9(10-5-6-21-8-10)7-15-11-3-2-4-12(22(14,19)20)13(11)16(17)18/h2-6,8-9,15H,7H2,1H3,(H2,14,19,20)/t9-/m0/s1. The number of nitro groups is 1. The van der Waals surface area contributed by atoms with Crippen molar-refractivity contribution in [1.82, 2.24) is 0 Å². The Morgan fingerprint density at radius 2 is 2.14 bits per heavy atom. The summed E-state index contributed by atoms with van der Waals surface area (Å²) in [4.78, 5) is 9.98. The first-order chi connectivity index (χ1) is 10.3. The van der Waals surface area contributed by atoms with Crippen molar-refractivity contribution in [3.05, 3.63) is 50.7 Å². The van der Waals surface area contributed by atoms with Gasteiger partial charge in [0.1, 0.15) is 5.69 Å². The molecule has 0 aliphatic carbocycles. The third-order valence-electron chi connectivity index (χ3n) is 3.20. The van der Waals surface area contributed by atoms with Crippen molar-refractivity contribution in [2.75, 3.05) is 11.9 Å². The molecule has 0 unspecified atom stereocenters. The lowest BCUT2D eigenvalue weighted by atomic mass is 10.1. The van der Waals surface area contributed by atoms with Crippen LogP contribution in [0.4, 0.5) is 11.4 Å². The molecule has 1 heterocycles. The molecule has 1 atom stereocenters. The second kappa shape index (κ2) is 6.42. The van der Waals surface area contributed by atoms with E-state index < -0.39 is 25.5 Å². The normalized spacial score (nSPS) is 12.8. The van der Waals surface area contributed by atoms with E-state index >= 15 is 0 Å². The zero-order chi connectivity index (χ0) is 16.3.